The Labute approximate surface area is 178 Å². The summed E-state index contributed by atoms with van der Waals surface area (Å²) in [7, 11) is 1.84. The van der Waals surface area contributed by atoms with E-state index in [-0.39, 0.29) is 12.5 Å². The topological polar surface area (TPSA) is 81.9 Å². The maximum Gasteiger partial charge on any atom is 0.251 e. The number of aromatic nitrogens is 4. The van der Waals surface area contributed by atoms with Crippen molar-refractivity contribution in [2.75, 3.05) is 0 Å². The Morgan fingerprint density at radius 2 is 2.06 bits per heavy atom. The minimum absolute atomic E-state index is 0.174. The molecule has 4 aromatic rings. The Bertz CT molecular complexity index is 1240. The average molecular weight is 417 g/mol. The fourth-order valence-electron chi connectivity index (χ4n) is 3.11. The number of hydrogen-bond acceptors (Lipinski definition) is 5. The lowest BCUT2D eigenvalue weighted by Gasteiger charge is -2.13. The molecule has 0 bridgehead atoms. The SMILES string of the molecule is Cc1c(Oc2ccnc(-c3cnn(C)c3)c2)cccc1C(=O)NCc1cncc(F)c1. The predicted molar refractivity (Wildman–Crippen MR) is 113 cm³/mol. The van der Waals surface area contributed by atoms with Crippen LogP contribution in [0.1, 0.15) is 21.5 Å². The van der Waals surface area contributed by atoms with E-state index in [0.29, 0.717) is 28.2 Å². The molecule has 0 aliphatic rings. The molecule has 3 heterocycles. The molecule has 0 saturated heterocycles. The zero-order valence-corrected chi connectivity index (χ0v) is 17.0. The van der Waals surface area contributed by atoms with Gasteiger partial charge in [0.2, 0.25) is 0 Å². The van der Waals surface area contributed by atoms with E-state index in [9.17, 15) is 9.18 Å². The quantitative estimate of drug-likeness (QED) is 0.512. The molecule has 31 heavy (non-hydrogen) atoms. The lowest BCUT2D eigenvalue weighted by atomic mass is 10.1. The lowest BCUT2D eigenvalue weighted by Crippen LogP contribution is -2.23. The molecule has 0 aliphatic heterocycles. The van der Waals surface area contributed by atoms with Gasteiger partial charge < -0.3 is 10.1 Å². The predicted octanol–water partition coefficient (Wildman–Crippen LogP) is 4.05. The molecule has 7 nitrogen and oxygen atoms in total. The molecule has 0 saturated carbocycles. The number of hydrogen-bond donors (Lipinski definition) is 1. The van der Waals surface area contributed by atoms with Gasteiger partial charge in [0.05, 0.1) is 18.1 Å². The Hall–Kier alpha value is -4.07. The van der Waals surface area contributed by atoms with Crippen molar-refractivity contribution in [2.24, 2.45) is 7.05 Å². The van der Waals surface area contributed by atoms with Gasteiger partial charge in [-0.2, -0.15) is 5.10 Å². The monoisotopic (exact) mass is 417 g/mol. The lowest BCUT2D eigenvalue weighted by molar-refractivity contribution is 0.0950. The molecular weight excluding hydrogens is 397 g/mol. The van der Waals surface area contributed by atoms with Crippen LogP contribution in [0.15, 0.2) is 67.4 Å². The van der Waals surface area contributed by atoms with Crippen molar-refractivity contribution in [3.8, 4) is 22.8 Å². The molecule has 156 valence electrons. The summed E-state index contributed by atoms with van der Waals surface area (Å²) in [6.45, 7) is 1.99. The number of carbonyl (C=O) groups is 1. The number of carbonyl (C=O) groups excluding carboxylic acids is 1. The Balaban J connectivity index is 1.50. The molecule has 0 unspecified atom stereocenters. The first-order valence-corrected chi connectivity index (χ1v) is 9.60. The van der Waals surface area contributed by atoms with Crippen molar-refractivity contribution < 1.29 is 13.9 Å². The number of ether oxygens (including phenoxy) is 1. The Morgan fingerprint density at radius 1 is 1.19 bits per heavy atom. The molecule has 0 fully saturated rings. The smallest absolute Gasteiger partial charge is 0.251 e. The summed E-state index contributed by atoms with van der Waals surface area (Å²) in [4.78, 5) is 20.8. The molecule has 1 amide bonds. The second-order valence-electron chi connectivity index (χ2n) is 7.00. The van der Waals surface area contributed by atoms with E-state index in [0.717, 1.165) is 17.5 Å². The maximum absolute atomic E-state index is 13.3. The molecule has 1 N–H and O–H groups in total. The van der Waals surface area contributed by atoms with Crippen LogP contribution in [-0.4, -0.2) is 25.7 Å². The van der Waals surface area contributed by atoms with Gasteiger partial charge in [-0.1, -0.05) is 6.07 Å². The highest BCUT2D eigenvalue weighted by Crippen LogP contribution is 2.29. The van der Waals surface area contributed by atoms with E-state index >= 15 is 0 Å². The number of rotatable bonds is 6. The van der Waals surface area contributed by atoms with E-state index < -0.39 is 5.82 Å². The molecule has 8 heteroatoms. The molecular formula is C23H20FN5O2. The van der Waals surface area contributed by atoms with Gasteiger partial charge in [-0.05, 0) is 36.8 Å². The first-order valence-electron chi connectivity index (χ1n) is 9.60. The first kappa shape index (κ1) is 20.2. The Kier molecular flexibility index (Phi) is 5.70. The summed E-state index contributed by atoms with van der Waals surface area (Å²) in [6.07, 6.45) is 7.90. The van der Waals surface area contributed by atoms with Crippen molar-refractivity contribution in [1.29, 1.82) is 0 Å². The number of halogens is 1. The van der Waals surface area contributed by atoms with Gasteiger partial charge in [-0.3, -0.25) is 19.4 Å². The summed E-state index contributed by atoms with van der Waals surface area (Å²) < 4.78 is 21.0. The number of benzene rings is 1. The second-order valence-corrected chi connectivity index (χ2v) is 7.00. The van der Waals surface area contributed by atoms with Crippen molar-refractivity contribution in [1.82, 2.24) is 25.1 Å². The second kappa shape index (κ2) is 8.74. The standard InChI is InChI=1S/C23H20FN5O2/c1-15-20(23(30)27-11-16-8-18(24)13-25-10-16)4-3-5-22(15)31-19-6-7-26-21(9-19)17-12-28-29(2)14-17/h3-10,12-14H,11H2,1-2H3,(H,27,30). The number of nitrogens with one attached hydrogen (secondary N) is 1. The van der Waals surface area contributed by atoms with Crippen molar-refractivity contribution in [2.45, 2.75) is 13.5 Å². The maximum atomic E-state index is 13.3. The largest absolute Gasteiger partial charge is 0.457 e. The Morgan fingerprint density at radius 3 is 2.84 bits per heavy atom. The highest BCUT2D eigenvalue weighted by atomic mass is 19.1. The summed E-state index contributed by atoms with van der Waals surface area (Å²) in [5.41, 5.74) is 3.36. The third kappa shape index (κ3) is 4.75. The van der Waals surface area contributed by atoms with Gasteiger partial charge in [0.1, 0.15) is 17.3 Å². The highest BCUT2D eigenvalue weighted by Gasteiger charge is 2.14. The zero-order chi connectivity index (χ0) is 21.8. The van der Waals surface area contributed by atoms with Gasteiger partial charge in [0.25, 0.3) is 5.91 Å². The molecule has 0 spiro atoms. The van der Waals surface area contributed by atoms with Crippen LogP contribution in [0.4, 0.5) is 4.39 Å². The molecule has 0 aliphatic carbocycles. The summed E-state index contributed by atoms with van der Waals surface area (Å²) in [5, 5.41) is 6.95. The summed E-state index contributed by atoms with van der Waals surface area (Å²) in [5.74, 6) is 0.433. The fourth-order valence-corrected chi connectivity index (χ4v) is 3.11. The van der Waals surface area contributed by atoms with Crippen LogP contribution in [-0.2, 0) is 13.6 Å². The number of nitrogens with zero attached hydrogens (tertiary/aromatic N) is 4. The van der Waals surface area contributed by atoms with Gasteiger partial charge >= 0.3 is 0 Å². The van der Waals surface area contributed by atoms with Crippen LogP contribution >= 0.6 is 0 Å². The molecule has 1 aromatic carbocycles. The van der Waals surface area contributed by atoms with Crippen LogP contribution in [0.25, 0.3) is 11.3 Å². The minimum Gasteiger partial charge on any atom is -0.457 e. The third-order valence-electron chi connectivity index (χ3n) is 4.70. The zero-order valence-electron chi connectivity index (χ0n) is 17.0. The number of amides is 1. The van der Waals surface area contributed by atoms with E-state index in [1.165, 1.54) is 12.3 Å². The number of aryl methyl sites for hydroxylation is 1. The van der Waals surface area contributed by atoms with Crippen LogP contribution in [0, 0.1) is 12.7 Å². The highest BCUT2D eigenvalue weighted by molar-refractivity contribution is 5.96. The van der Waals surface area contributed by atoms with E-state index in [2.05, 4.69) is 20.4 Å². The van der Waals surface area contributed by atoms with E-state index in [4.69, 9.17) is 4.74 Å². The first-order chi connectivity index (χ1) is 15.0. The van der Waals surface area contributed by atoms with Gasteiger partial charge in [-0.15, -0.1) is 0 Å². The van der Waals surface area contributed by atoms with Gasteiger partial charge in [0, 0.05) is 54.9 Å². The average Bonchev–Trinajstić information content (AvgIpc) is 3.20. The normalized spacial score (nSPS) is 10.7. The molecule has 0 atom stereocenters. The van der Waals surface area contributed by atoms with E-state index in [1.54, 1.807) is 41.3 Å². The van der Waals surface area contributed by atoms with Crippen molar-refractivity contribution >= 4 is 5.91 Å². The summed E-state index contributed by atoms with van der Waals surface area (Å²) in [6, 6.07) is 10.2. The van der Waals surface area contributed by atoms with Crippen molar-refractivity contribution in [3.05, 3.63) is 89.9 Å². The van der Waals surface area contributed by atoms with Crippen LogP contribution in [0.2, 0.25) is 0 Å². The van der Waals surface area contributed by atoms with Gasteiger partial charge in [-0.25, -0.2) is 4.39 Å². The van der Waals surface area contributed by atoms with Crippen LogP contribution in [0.5, 0.6) is 11.5 Å². The molecule has 0 radical (unpaired) electrons. The van der Waals surface area contributed by atoms with Gasteiger partial charge in [0.15, 0.2) is 0 Å². The van der Waals surface area contributed by atoms with Crippen LogP contribution in [0.3, 0.4) is 0 Å². The van der Waals surface area contributed by atoms with Crippen molar-refractivity contribution in [3.63, 3.8) is 0 Å². The van der Waals surface area contributed by atoms with E-state index in [1.807, 2.05) is 26.2 Å². The fraction of sp³-hybridized carbons (Fsp3) is 0.130. The number of pyridine rings is 2. The minimum atomic E-state index is -0.443. The molecule has 3 aromatic heterocycles. The third-order valence-corrected chi connectivity index (χ3v) is 4.70. The van der Waals surface area contributed by atoms with Crippen LogP contribution < -0.4 is 10.1 Å². The summed E-state index contributed by atoms with van der Waals surface area (Å²) >= 11 is 0. The molecule has 4 rings (SSSR count).